The molecule has 0 radical (unpaired) electrons. The predicted molar refractivity (Wildman–Crippen MR) is 97.1 cm³/mol. The molecular weight excluding hydrogens is 356 g/mol. The fraction of sp³-hybridized carbons (Fsp3) is 0.500. The quantitative estimate of drug-likeness (QED) is 0.764. The van der Waals surface area contributed by atoms with E-state index in [1.165, 1.54) is 0 Å². The van der Waals surface area contributed by atoms with Crippen LogP contribution in [0.5, 0.6) is 0 Å². The second-order valence-electron chi connectivity index (χ2n) is 6.77. The summed E-state index contributed by atoms with van der Waals surface area (Å²) >= 11 is 1.62. The molecule has 0 bridgehead atoms. The highest BCUT2D eigenvalue weighted by Gasteiger charge is 2.43. The first-order valence-corrected chi connectivity index (χ1v) is 9.75. The number of carbonyl (C=O) groups excluding carboxylic acids is 2. The Morgan fingerprint density at radius 1 is 1.19 bits per heavy atom. The van der Waals surface area contributed by atoms with E-state index in [0.717, 1.165) is 10.6 Å². The monoisotopic (exact) mass is 378 g/mol. The van der Waals surface area contributed by atoms with Crippen LogP contribution in [0.25, 0.3) is 0 Å². The average molecular weight is 378 g/mol. The molecule has 2 heterocycles. The number of aliphatic carboxylic acids is 1. The van der Waals surface area contributed by atoms with Gasteiger partial charge in [-0.1, -0.05) is 0 Å². The minimum Gasteiger partial charge on any atom is -0.479 e. The molecule has 2 N–H and O–H groups in total. The SMILES string of the molecule is CSc1ccc(N2CC(C(=O)N3CCC(O)(C(=O)O)CC3)CC2=O)cc1. The van der Waals surface area contributed by atoms with Crippen molar-refractivity contribution in [3.8, 4) is 0 Å². The summed E-state index contributed by atoms with van der Waals surface area (Å²) in [4.78, 5) is 40.5. The Morgan fingerprint density at radius 3 is 2.35 bits per heavy atom. The zero-order valence-corrected chi connectivity index (χ0v) is 15.4. The van der Waals surface area contributed by atoms with Crippen LogP contribution in [0.1, 0.15) is 19.3 Å². The van der Waals surface area contributed by atoms with E-state index < -0.39 is 17.5 Å². The summed E-state index contributed by atoms with van der Waals surface area (Å²) in [6.45, 7) is 0.708. The van der Waals surface area contributed by atoms with E-state index in [4.69, 9.17) is 5.11 Å². The van der Waals surface area contributed by atoms with Crippen LogP contribution >= 0.6 is 11.8 Å². The molecule has 7 nitrogen and oxygen atoms in total. The molecule has 2 aliphatic rings. The zero-order valence-electron chi connectivity index (χ0n) is 14.6. The normalized spacial score (nSPS) is 22.5. The number of rotatable bonds is 4. The number of carboxylic acid groups (broad SMARTS) is 1. The van der Waals surface area contributed by atoms with Gasteiger partial charge < -0.3 is 20.0 Å². The van der Waals surface area contributed by atoms with E-state index in [2.05, 4.69) is 0 Å². The van der Waals surface area contributed by atoms with Crippen molar-refractivity contribution in [1.82, 2.24) is 4.90 Å². The fourth-order valence-electron chi connectivity index (χ4n) is 3.45. The van der Waals surface area contributed by atoms with Crippen LogP contribution < -0.4 is 4.90 Å². The van der Waals surface area contributed by atoms with E-state index in [-0.39, 0.29) is 44.2 Å². The molecule has 1 aromatic rings. The van der Waals surface area contributed by atoms with Crippen molar-refractivity contribution >= 4 is 35.2 Å². The number of nitrogens with zero attached hydrogens (tertiary/aromatic N) is 2. The maximum atomic E-state index is 12.7. The van der Waals surface area contributed by atoms with Crippen molar-refractivity contribution in [3.63, 3.8) is 0 Å². The molecule has 3 rings (SSSR count). The van der Waals surface area contributed by atoms with E-state index in [0.29, 0.717) is 6.54 Å². The molecule has 0 aromatic heterocycles. The Morgan fingerprint density at radius 2 is 1.81 bits per heavy atom. The van der Waals surface area contributed by atoms with Gasteiger partial charge in [0, 0.05) is 49.5 Å². The van der Waals surface area contributed by atoms with Crippen LogP contribution in [0.15, 0.2) is 29.2 Å². The first kappa shape index (κ1) is 18.7. The summed E-state index contributed by atoms with van der Waals surface area (Å²) in [5.41, 5.74) is -0.977. The summed E-state index contributed by atoms with van der Waals surface area (Å²) in [5.74, 6) is -1.91. The molecule has 2 fully saturated rings. The average Bonchev–Trinajstić information content (AvgIpc) is 3.03. The van der Waals surface area contributed by atoms with E-state index in [9.17, 15) is 19.5 Å². The Hall–Kier alpha value is -2.06. The maximum Gasteiger partial charge on any atom is 0.335 e. The summed E-state index contributed by atoms with van der Waals surface area (Å²) < 4.78 is 0. The van der Waals surface area contributed by atoms with E-state index >= 15 is 0 Å². The highest BCUT2D eigenvalue weighted by molar-refractivity contribution is 7.98. The molecule has 2 amide bonds. The summed E-state index contributed by atoms with van der Waals surface area (Å²) in [6, 6.07) is 7.65. The van der Waals surface area contributed by atoms with Crippen molar-refractivity contribution in [2.45, 2.75) is 29.8 Å². The first-order valence-electron chi connectivity index (χ1n) is 8.53. The summed E-state index contributed by atoms with van der Waals surface area (Å²) in [6.07, 6.45) is 2.15. The standard InChI is InChI=1S/C18H22N2O5S/c1-26-14-4-2-13(3-5-14)20-11-12(10-15(20)21)16(22)19-8-6-18(25,7-9-19)17(23)24/h2-5,12,25H,6-11H2,1H3,(H,23,24). The third-order valence-electron chi connectivity index (χ3n) is 5.16. The number of hydrogen-bond acceptors (Lipinski definition) is 5. The third-order valence-corrected chi connectivity index (χ3v) is 5.90. The van der Waals surface area contributed by atoms with Gasteiger partial charge in [-0.2, -0.15) is 0 Å². The second-order valence-corrected chi connectivity index (χ2v) is 7.65. The number of thioether (sulfide) groups is 1. The molecule has 140 valence electrons. The van der Waals surface area contributed by atoms with Gasteiger partial charge in [0.2, 0.25) is 11.8 Å². The van der Waals surface area contributed by atoms with Crippen LogP contribution in [0.2, 0.25) is 0 Å². The predicted octanol–water partition coefficient (Wildman–Crippen LogP) is 1.20. The lowest BCUT2D eigenvalue weighted by atomic mass is 9.91. The fourth-order valence-corrected chi connectivity index (χ4v) is 3.86. The Labute approximate surface area is 156 Å². The number of likely N-dealkylation sites (tertiary alicyclic amines) is 1. The van der Waals surface area contributed by atoms with Gasteiger partial charge in [0.1, 0.15) is 0 Å². The van der Waals surface area contributed by atoms with Crippen LogP contribution in [0, 0.1) is 5.92 Å². The topological polar surface area (TPSA) is 98.2 Å². The van der Waals surface area contributed by atoms with E-state index in [1.54, 1.807) is 21.6 Å². The number of benzene rings is 1. The molecule has 2 saturated heterocycles. The molecule has 8 heteroatoms. The van der Waals surface area contributed by atoms with Crippen LogP contribution in [0.4, 0.5) is 5.69 Å². The van der Waals surface area contributed by atoms with E-state index in [1.807, 2.05) is 30.5 Å². The van der Waals surface area contributed by atoms with Gasteiger partial charge in [-0.25, -0.2) is 4.79 Å². The number of carbonyl (C=O) groups is 3. The number of anilines is 1. The first-order chi connectivity index (χ1) is 12.3. The third kappa shape index (κ3) is 3.57. The minimum atomic E-state index is -1.76. The number of piperidine rings is 1. The van der Waals surface area contributed by atoms with Crippen molar-refractivity contribution in [3.05, 3.63) is 24.3 Å². The summed E-state index contributed by atoms with van der Waals surface area (Å²) in [7, 11) is 0. The van der Waals surface area contributed by atoms with Crippen molar-refractivity contribution < 1.29 is 24.6 Å². The molecular formula is C18H22N2O5S. The molecule has 1 aromatic carbocycles. The summed E-state index contributed by atoms with van der Waals surface area (Å²) in [5, 5.41) is 19.0. The second kappa shape index (κ2) is 7.28. The molecule has 0 spiro atoms. The Bertz CT molecular complexity index is 713. The van der Waals surface area contributed by atoms with Crippen LogP contribution in [0.3, 0.4) is 0 Å². The van der Waals surface area contributed by atoms with Crippen molar-refractivity contribution in [2.24, 2.45) is 5.92 Å². The number of aliphatic hydroxyl groups is 1. The smallest absolute Gasteiger partial charge is 0.335 e. The molecule has 1 unspecified atom stereocenters. The van der Waals surface area contributed by atoms with Crippen LogP contribution in [-0.2, 0) is 14.4 Å². The van der Waals surface area contributed by atoms with Gasteiger partial charge in [0.15, 0.2) is 5.60 Å². The lowest BCUT2D eigenvalue weighted by Gasteiger charge is -2.36. The van der Waals surface area contributed by atoms with Gasteiger partial charge in [0.05, 0.1) is 5.92 Å². The molecule has 2 aliphatic heterocycles. The highest BCUT2D eigenvalue weighted by atomic mass is 32.2. The molecule has 1 atom stereocenters. The zero-order chi connectivity index (χ0) is 18.9. The number of carboxylic acids is 1. The van der Waals surface area contributed by atoms with Gasteiger partial charge >= 0.3 is 5.97 Å². The Kier molecular flexibility index (Phi) is 5.24. The number of hydrogen-bond donors (Lipinski definition) is 2. The van der Waals surface area contributed by atoms with Crippen molar-refractivity contribution in [1.29, 1.82) is 0 Å². The van der Waals surface area contributed by atoms with Crippen molar-refractivity contribution in [2.75, 3.05) is 30.8 Å². The van der Waals surface area contributed by atoms with Crippen LogP contribution in [-0.4, -0.2) is 64.4 Å². The molecule has 0 aliphatic carbocycles. The molecule has 26 heavy (non-hydrogen) atoms. The maximum absolute atomic E-state index is 12.7. The van der Waals surface area contributed by atoms with Gasteiger partial charge in [0.25, 0.3) is 0 Å². The Balaban J connectivity index is 1.63. The van der Waals surface area contributed by atoms with Gasteiger partial charge in [-0.05, 0) is 30.5 Å². The lowest BCUT2D eigenvalue weighted by Crippen LogP contribution is -2.52. The van der Waals surface area contributed by atoms with Gasteiger partial charge in [-0.15, -0.1) is 11.8 Å². The number of amides is 2. The van der Waals surface area contributed by atoms with Gasteiger partial charge in [-0.3, -0.25) is 9.59 Å². The molecule has 0 saturated carbocycles. The minimum absolute atomic E-state index is 0.00853. The highest BCUT2D eigenvalue weighted by Crippen LogP contribution is 2.30. The largest absolute Gasteiger partial charge is 0.479 e. The lowest BCUT2D eigenvalue weighted by molar-refractivity contribution is -0.165.